The Morgan fingerprint density at radius 2 is 1.84 bits per heavy atom. The van der Waals surface area contributed by atoms with Gasteiger partial charge in [0.05, 0.1) is 0 Å². The lowest BCUT2D eigenvalue weighted by molar-refractivity contribution is 0.229. The van der Waals surface area contributed by atoms with Crippen LogP contribution in [0.3, 0.4) is 0 Å². The molecule has 1 N–H and O–H groups in total. The third-order valence-electron chi connectivity index (χ3n) is 4.05. The monoisotopic (exact) mass is 266 g/mol. The molecule has 1 rings (SSSR count). The molecule has 0 aromatic carbocycles. The third kappa shape index (κ3) is 4.30. The highest BCUT2D eigenvalue weighted by Crippen LogP contribution is 2.30. The van der Waals surface area contributed by atoms with Crippen LogP contribution in [0.2, 0.25) is 0 Å². The zero-order chi connectivity index (χ0) is 14.5. The summed E-state index contributed by atoms with van der Waals surface area (Å²) in [5, 5.41) is 7.94. The van der Waals surface area contributed by atoms with Crippen molar-refractivity contribution < 1.29 is 0 Å². The van der Waals surface area contributed by atoms with Gasteiger partial charge in [-0.25, -0.2) is 9.67 Å². The molecule has 4 nitrogen and oxygen atoms in total. The van der Waals surface area contributed by atoms with Crippen LogP contribution in [0, 0.1) is 5.41 Å². The second-order valence-electron chi connectivity index (χ2n) is 6.13. The maximum atomic E-state index is 4.47. The molecule has 110 valence electrons. The van der Waals surface area contributed by atoms with Crippen molar-refractivity contribution in [2.24, 2.45) is 5.41 Å². The Bertz CT molecular complexity index is 364. The largest absolute Gasteiger partial charge is 0.314 e. The molecule has 0 atom stereocenters. The van der Waals surface area contributed by atoms with Crippen LogP contribution in [0.25, 0.3) is 0 Å². The van der Waals surface area contributed by atoms with Crippen molar-refractivity contribution in [1.82, 2.24) is 20.1 Å². The average Bonchev–Trinajstić information content (AvgIpc) is 2.82. The molecular formula is C15H30N4. The lowest BCUT2D eigenvalue weighted by Gasteiger charge is -2.33. The molecule has 0 amide bonds. The van der Waals surface area contributed by atoms with E-state index in [2.05, 4.69) is 61.6 Å². The van der Waals surface area contributed by atoms with Gasteiger partial charge in [-0.1, -0.05) is 27.7 Å². The number of aromatic nitrogens is 3. The van der Waals surface area contributed by atoms with Gasteiger partial charge in [-0.2, -0.15) is 5.10 Å². The van der Waals surface area contributed by atoms with E-state index in [4.69, 9.17) is 0 Å². The molecule has 0 aliphatic heterocycles. The molecule has 19 heavy (non-hydrogen) atoms. The maximum absolute atomic E-state index is 4.47. The Kier molecular flexibility index (Phi) is 5.98. The molecule has 0 aliphatic carbocycles. The molecular weight excluding hydrogens is 236 g/mol. The normalized spacial score (nSPS) is 12.6. The Labute approximate surface area is 118 Å². The van der Waals surface area contributed by atoms with Gasteiger partial charge in [0, 0.05) is 25.0 Å². The highest BCUT2D eigenvalue weighted by atomic mass is 15.3. The molecule has 0 bridgehead atoms. The summed E-state index contributed by atoms with van der Waals surface area (Å²) in [6, 6.07) is 0.905. The predicted octanol–water partition coefficient (Wildman–Crippen LogP) is 3.21. The van der Waals surface area contributed by atoms with Gasteiger partial charge in [0.2, 0.25) is 0 Å². The Morgan fingerprint density at radius 3 is 2.32 bits per heavy atom. The maximum Gasteiger partial charge on any atom is 0.138 e. The molecule has 1 heterocycles. The van der Waals surface area contributed by atoms with Gasteiger partial charge in [-0.15, -0.1) is 0 Å². The van der Waals surface area contributed by atoms with Gasteiger partial charge in [-0.05, 0) is 32.1 Å². The van der Waals surface area contributed by atoms with Crippen LogP contribution < -0.4 is 5.32 Å². The van der Waals surface area contributed by atoms with E-state index in [0.29, 0.717) is 12.1 Å². The molecule has 0 saturated carbocycles. The van der Waals surface area contributed by atoms with Crippen molar-refractivity contribution in [3.63, 3.8) is 0 Å². The zero-order valence-electron chi connectivity index (χ0n) is 13.4. The van der Waals surface area contributed by atoms with Gasteiger partial charge >= 0.3 is 0 Å². The highest BCUT2D eigenvalue weighted by molar-refractivity contribution is 4.95. The van der Waals surface area contributed by atoms with E-state index in [0.717, 1.165) is 31.6 Å². The number of nitrogens with one attached hydrogen (secondary N) is 1. The van der Waals surface area contributed by atoms with Crippen molar-refractivity contribution in [1.29, 1.82) is 0 Å². The molecule has 0 unspecified atom stereocenters. The van der Waals surface area contributed by atoms with Gasteiger partial charge in [0.25, 0.3) is 0 Å². The van der Waals surface area contributed by atoms with Crippen LogP contribution in [0.15, 0.2) is 6.33 Å². The van der Waals surface area contributed by atoms with Crippen LogP contribution in [-0.4, -0.2) is 27.4 Å². The molecule has 1 aromatic heterocycles. The fourth-order valence-corrected chi connectivity index (χ4v) is 2.40. The molecule has 0 aliphatic rings. The van der Waals surface area contributed by atoms with Crippen LogP contribution in [-0.2, 0) is 6.42 Å². The quantitative estimate of drug-likeness (QED) is 0.785. The second-order valence-corrected chi connectivity index (χ2v) is 6.13. The van der Waals surface area contributed by atoms with Crippen LogP contribution in [0.1, 0.15) is 66.3 Å². The van der Waals surface area contributed by atoms with Gasteiger partial charge in [-0.3, -0.25) is 0 Å². The van der Waals surface area contributed by atoms with E-state index < -0.39 is 0 Å². The highest BCUT2D eigenvalue weighted by Gasteiger charge is 2.29. The summed E-state index contributed by atoms with van der Waals surface area (Å²) < 4.78 is 2.05. The van der Waals surface area contributed by atoms with Gasteiger partial charge in [0.1, 0.15) is 12.2 Å². The van der Waals surface area contributed by atoms with Gasteiger partial charge in [0.15, 0.2) is 0 Å². The number of hydrogen-bond acceptors (Lipinski definition) is 3. The van der Waals surface area contributed by atoms with E-state index in [-0.39, 0.29) is 5.41 Å². The fourth-order valence-electron chi connectivity index (χ4n) is 2.40. The third-order valence-corrected chi connectivity index (χ3v) is 4.05. The summed E-state index contributed by atoms with van der Waals surface area (Å²) in [7, 11) is 0. The van der Waals surface area contributed by atoms with Crippen LogP contribution in [0.4, 0.5) is 0 Å². The Hall–Kier alpha value is -0.900. The second kappa shape index (κ2) is 7.04. The Balaban J connectivity index is 2.85. The molecule has 1 aromatic rings. The summed E-state index contributed by atoms with van der Waals surface area (Å²) in [6.45, 7) is 14.3. The van der Waals surface area contributed by atoms with Gasteiger partial charge < -0.3 is 5.32 Å². The van der Waals surface area contributed by atoms with E-state index in [1.165, 1.54) is 0 Å². The first-order chi connectivity index (χ1) is 8.94. The van der Waals surface area contributed by atoms with Crippen molar-refractivity contribution in [3.05, 3.63) is 12.2 Å². The molecule has 0 spiro atoms. The summed E-state index contributed by atoms with van der Waals surface area (Å²) in [4.78, 5) is 4.47. The first kappa shape index (κ1) is 16.2. The standard InChI is InChI=1S/C15H30N4/c1-7-15(8-2,10-16-12(3)4)9-14-17-11-18-19(14)13(5)6/h11-13,16H,7-10H2,1-6H3. The fraction of sp³-hybridized carbons (Fsp3) is 0.867. The first-order valence-electron chi connectivity index (χ1n) is 7.56. The Morgan fingerprint density at radius 1 is 1.21 bits per heavy atom. The summed E-state index contributed by atoms with van der Waals surface area (Å²) >= 11 is 0. The summed E-state index contributed by atoms with van der Waals surface area (Å²) in [6.07, 6.45) is 5.00. The number of rotatable bonds is 8. The molecule has 0 fully saturated rings. The summed E-state index contributed by atoms with van der Waals surface area (Å²) in [5.74, 6) is 1.12. The van der Waals surface area contributed by atoms with E-state index >= 15 is 0 Å². The average molecular weight is 266 g/mol. The lowest BCUT2D eigenvalue weighted by atomic mass is 9.78. The predicted molar refractivity (Wildman–Crippen MR) is 80.3 cm³/mol. The van der Waals surface area contributed by atoms with Crippen molar-refractivity contribution in [2.75, 3.05) is 6.54 Å². The van der Waals surface area contributed by atoms with Crippen LogP contribution in [0.5, 0.6) is 0 Å². The van der Waals surface area contributed by atoms with Crippen molar-refractivity contribution in [3.8, 4) is 0 Å². The minimum atomic E-state index is 0.282. The lowest BCUT2D eigenvalue weighted by Crippen LogP contribution is -2.39. The van der Waals surface area contributed by atoms with E-state index in [1.54, 1.807) is 6.33 Å². The van der Waals surface area contributed by atoms with E-state index in [1.807, 2.05) is 0 Å². The smallest absolute Gasteiger partial charge is 0.138 e. The van der Waals surface area contributed by atoms with Crippen molar-refractivity contribution >= 4 is 0 Å². The molecule has 4 heteroatoms. The topological polar surface area (TPSA) is 42.7 Å². The SMILES string of the molecule is CCC(CC)(CNC(C)C)Cc1ncnn1C(C)C. The van der Waals surface area contributed by atoms with Crippen LogP contribution >= 0.6 is 0 Å². The minimum Gasteiger partial charge on any atom is -0.314 e. The number of nitrogens with zero attached hydrogens (tertiary/aromatic N) is 3. The first-order valence-corrected chi connectivity index (χ1v) is 7.56. The molecule has 0 saturated heterocycles. The minimum absolute atomic E-state index is 0.282. The molecule has 0 radical (unpaired) electrons. The van der Waals surface area contributed by atoms with Crippen molar-refractivity contribution in [2.45, 2.75) is 72.9 Å². The number of hydrogen-bond donors (Lipinski definition) is 1. The van der Waals surface area contributed by atoms with E-state index in [9.17, 15) is 0 Å². The zero-order valence-corrected chi connectivity index (χ0v) is 13.4. The summed E-state index contributed by atoms with van der Waals surface area (Å²) in [5.41, 5.74) is 0.282.